The van der Waals surface area contributed by atoms with Gasteiger partial charge in [-0.3, -0.25) is 33.6 Å². The van der Waals surface area contributed by atoms with Gasteiger partial charge in [0.2, 0.25) is 41.4 Å². The van der Waals surface area contributed by atoms with Gasteiger partial charge in [-0.2, -0.15) is 26.3 Å². The number of H-pyrrole nitrogens is 1. The Labute approximate surface area is 461 Å². The molecule has 6 rings (SSSR count). The first-order valence-corrected chi connectivity index (χ1v) is 25.9. The molecule has 0 aliphatic carbocycles. The third-order valence-electron chi connectivity index (χ3n) is 13.2. The molecule has 5 aromatic rings. The standard InChI is InChI=1S/C56H63F6N9O10/c1-31(2)20-43(52(78)70-45(25-36-27-64-42-13-8-7-12-40(36)42)54(80)81-30-35-21-37(55(57,58)59)26-38(22-35)56(60,61)62)69-53(79)46-14-9-19-71(46)48(74)29-66-51(77)44(24-33-10-5-4-6-11-33)68-47(73)28-65-49(75)32(3)67-50(76)41(63)23-34-15-17-39(72)18-16-34/h4-8,10-13,15-18,21-22,26-27,31-32,41,43-46,64,72H,9,14,19-20,23-25,28-30,63H2,1-3H3,(H,65,75)(H,66,77)(H,67,76)(H,68,73)(H,69,79)(H,70,78)/t32-,41+,43+,44+,45+,46+/m1/s1. The number of esters is 1. The van der Waals surface area contributed by atoms with Crippen molar-refractivity contribution < 1.29 is 74.5 Å². The first-order chi connectivity index (χ1) is 38.2. The van der Waals surface area contributed by atoms with E-state index in [4.69, 9.17) is 10.5 Å². The van der Waals surface area contributed by atoms with E-state index in [1.54, 1.807) is 86.8 Å². The predicted octanol–water partition coefficient (Wildman–Crippen LogP) is 4.24. The van der Waals surface area contributed by atoms with Gasteiger partial charge in [-0.25, -0.2) is 4.79 Å². The fraction of sp³-hybridized carbons (Fsp3) is 0.393. The summed E-state index contributed by atoms with van der Waals surface area (Å²) < 4.78 is 87.2. The van der Waals surface area contributed by atoms with Gasteiger partial charge in [0.1, 0.15) is 42.6 Å². The zero-order valence-corrected chi connectivity index (χ0v) is 44.3. The Bertz CT molecular complexity index is 3010. The average molecular weight is 1140 g/mol. The number of nitrogens with zero attached hydrogens (tertiary/aromatic N) is 1. The Morgan fingerprint density at radius 2 is 1.31 bits per heavy atom. The summed E-state index contributed by atoms with van der Waals surface area (Å²) in [6, 6.07) is 14.8. The normalized spacial score (nSPS) is 15.4. The molecule has 0 unspecified atom stereocenters. The number of halogens is 6. The Hall–Kier alpha value is -8.48. The second kappa shape index (κ2) is 27.6. The van der Waals surface area contributed by atoms with Crippen molar-refractivity contribution in [1.82, 2.24) is 41.8 Å². The molecule has 25 heteroatoms. The van der Waals surface area contributed by atoms with E-state index in [1.165, 1.54) is 24.0 Å². The number of carbonyl (C=O) groups is 8. The van der Waals surface area contributed by atoms with Crippen LogP contribution in [0.15, 0.2) is 103 Å². The van der Waals surface area contributed by atoms with E-state index in [9.17, 15) is 69.8 Å². The van der Waals surface area contributed by atoms with Crippen LogP contribution in [0.25, 0.3) is 10.9 Å². The first kappa shape index (κ1) is 61.7. The summed E-state index contributed by atoms with van der Waals surface area (Å²) in [7, 11) is 0. The van der Waals surface area contributed by atoms with Gasteiger partial charge in [0, 0.05) is 36.5 Å². The molecule has 6 atom stereocenters. The molecule has 2 heterocycles. The van der Waals surface area contributed by atoms with Gasteiger partial charge >= 0.3 is 18.3 Å². The van der Waals surface area contributed by atoms with E-state index in [0.717, 1.165) is 0 Å². The Morgan fingerprint density at radius 3 is 1.96 bits per heavy atom. The molecule has 0 bridgehead atoms. The van der Waals surface area contributed by atoms with E-state index in [0.29, 0.717) is 46.1 Å². The fourth-order valence-electron chi connectivity index (χ4n) is 9.03. The Kier molecular flexibility index (Phi) is 21.0. The zero-order valence-electron chi connectivity index (χ0n) is 44.3. The molecule has 1 aromatic heterocycles. The minimum absolute atomic E-state index is 0.000872. The lowest BCUT2D eigenvalue weighted by molar-refractivity contribution is -0.149. The fourth-order valence-corrected chi connectivity index (χ4v) is 9.03. The lowest BCUT2D eigenvalue weighted by atomic mass is 10.0. The number of likely N-dealkylation sites (tertiary alicyclic amines) is 1. The topological polar surface area (TPSA) is 283 Å². The molecule has 7 amide bonds. The molecule has 1 aliphatic rings. The Balaban J connectivity index is 1.08. The van der Waals surface area contributed by atoms with Crippen molar-refractivity contribution in [3.8, 4) is 5.75 Å². The van der Waals surface area contributed by atoms with Crippen molar-refractivity contribution in [2.75, 3.05) is 19.6 Å². The van der Waals surface area contributed by atoms with Crippen molar-refractivity contribution in [3.05, 3.63) is 137 Å². The molecule has 10 N–H and O–H groups in total. The third kappa shape index (κ3) is 18.0. The highest BCUT2D eigenvalue weighted by atomic mass is 19.4. The molecule has 1 aliphatic heterocycles. The number of aromatic nitrogens is 1. The van der Waals surface area contributed by atoms with Crippen LogP contribution in [0.1, 0.15) is 73.4 Å². The first-order valence-electron chi connectivity index (χ1n) is 25.9. The van der Waals surface area contributed by atoms with Gasteiger partial charge in [-0.15, -0.1) is 0 Å². The van der Waals surface area contributed by atoms with Crippen molar-refractivity contribution in [2.45, 2.75) is 115 Å². The molecule has 4 aromatic carbocycles. The van der Waals surface area contributed by atoms with Crippen LogP contribution >= 0.6 is 0 Å². The summed E-state index contributed by atoms with van der Waals surface area (Å²) in [5.41, 5.74) is 4.58. The Morgan fingerprint density at radius 1 is 0.679 bits per heavy atom. The van der Waals surface area contributed by atoms with Gasteiger partial charge < -0.3 is 57.4 Å². The summed E-state index contributed by atoms with van der Waals surface area (Å²) >= 11 is 0. The SMILES string of the molecule is CC(C)C[C@H](NC(=O)[C@@H]1CCCN1C(=O)CNC(=O)[C@H](Cc1ccccc1)NC(=O)CNC(=O)[C@@H](C)NC(=O)[C@@H](N)Cc1ccc(O)cc1)C(=O)N[C@@H](Cc1c[nH]c2ccccc12)C(=O)OCc1cc(C(F)(F)F)cc(C(F)(F)F)c1. The van der Waals surface area contributed by atoms with Crippen molar-refractivity contribution in [2.24, 2.45) is 11.7 Å². The minimum Gasteiger partial charge on any atom is -0.508 e. The molecule has 1 fully saturated rings. The number of hydrogen-bond acceptors (Lipinski definition) is 11. The second-order valence-electron chi connectivity index (χ2n) is 20.0. The third-order valence-corrected chi connectivity index (χ3v) is 13.2. The number of aromatic amines is 1. The molecule has 1 saturated heterocycles. The van der Waals surface area contributed by atoms with E-state index >= 15 is 0 Å². The number of carbonyl (C=O) groups excluding carboxylic acids is 8. The molecule has 434 valence electrons. The molecule has 19 nitrogen and oxygen atoms in total. The number of rotatable bonds is 24. The number of nitrogens with one attached hydrogen (secondary N) is 7. The number of hydrogen-bond donors (Lipinski definition) is 9. The smallest absolute Gasteiger partial charge is 0.416 e. The summed E-state index contributed by atoms with van der Waals surface area (Å²) in [6.45, 7) is 2.69. The number of fused-ring (bicyclic) bond motifs is 1. The highest BCUT2D eigenvalue weighted by Gasteiger charge is 2.39. The molecule has 81 heavy (non-hydrogen) atoms. The summed E-state index contributed by atoms with van der Waals surface area (Å²) in [5.74, 6) is -6.72. The van der Waals surface area contributed by atoms with Crippen LogP contribution in [-0.4, -0.2) is 118 Å². The van der Waals surface area contributed by atoms with Crippen LogP contribution in [0.2, 0.25) is 0 Å². The van der Waals surface area contributed by atoms with Crippen LogP contribution < -0.4 is 37.6 Å². The monoisotopic (exact) mass is 1140 g/mol. The van der Waals surface area contributed by atoms with E-state index in [2.05, 4.69) is 36.9 Å². The zero-order chi connectivity index (χ0) is 59.2. The van der Waals surface area contributed by atoms with Crippen LogP contribution in [-0.2, 0) is 81.3 Å². The van der Waals surface area contributed by atoms with Crippen molar-refractivity contribution >= 4 is 58.2 Å². The summed E-state index contributed by atoms with van der Waals surface area (Å²) in [4.78, 5) is 113. The van der Waals surface area contributed by atoms with Gasteiger partial charge in [-0.1, -0.05) is 74.5 Å². The van der Waals surface area contributed by atoms with Crippen LogP contribution in [0.3, 0.4) is 0 Å². The van der Waals surface area contributed by atoms with Crippen LogP contribution in [0, 0.1) is 5.92 Å². The number of para-hydroxylation sites is 1. The molecular weight excluding hydrogens is 1070 g/mol. The highest BCUT2D eigenvalue weighted by Crippen LogP contribution is 2.36. The number of benzene rings is 4. The van der Waals surface area contributed by atoms with E-state index < -0.39 is 132 Å². The van der Waals surface area contributed by atoms with Crippen LogP contribution in [0.4, 0.5) is 26.3 Å². The summed E-state index contributed by atoms with van der Waals surface area (Å²) in [5, 5.41) is 25.4. The maximum atomic E-state index is 14.2. The van der Waals surface area contributed by atoms with E-state index in [-0.39, 0.29) is 56.4 Å². The number of aromatic hydroxyl groups is 1. The van der Waals surface area contributed by atoms with Gasteiger partial charge in [0.25, 0.3) is 0 Å². The summed E-state index contributed by atoms with van der Waals surface area (Å²) in [6.07, 6.45) is -8.49. The highest BCUT2D eigenvalue weighted by molar-refractivity contribution is 5.96. The number of nitrogens with two attached hydrogens (primary N) is 1. The number of phenols is 1. The molecular formula is C56H63F6N9O10. The number of alkyl halides is 6. The van der Waals surface area contributed by atoms with Crippen LogP contribution in [0.5, 0.6) is 5.75 Å². The van der Waals surface area contributed by atoms with Gasteiger partial charge in [0.05, 0.1) is 30.3 Å². The van der Waals surface area contributed by atoms with E-state index in [1.807, 2.05) is 0 Å². The maximum Gasteiger partial charge on any atom is 0.416 e. The predicted molar refractivity (Wildman–Crippen MR) is 282 cm³/mol. The second-order valence-corrected chi connectivity index (χ2v) is 20.0. The quantitative estimate of drug-likeness (QED) is 0.0311. The lowest BCUT2D eigenvalue weighted by Gasteiger charge is -2.28. The number of amides is 7. The van der Waals surface area contributed by atoms with Gasteiger partial charge in [0.15, 0.2) is 0 Å². The molecule has 0 saturated carbocycles. The van der Waals surface area contributed by atoms with Gasteiger partial charge in [-0.05, 0) is 97.2 Å². The molecule has 0 spiro atoms. The van der Waals surface area contributed by atoms with Crippen molar-refractivity contribution in [3.63, 3.8) is 0 Å². The maximum absolute atomic E-state index is 14.2. The van der Waals surface area contributed by atoms with Crippen molar-refractivity contribution in [1.29, 1.82) is 0 Å². The average Bonchev–Trinajstić information content (AvgIpc) is 4.11. The minimum atomic E-state index is -5.17. The molecule has 0 radical (unpaired) electrons. The number of ether oxygens (including phenoxy) is 1. The lowest BCUT2D eigenvalue weighted by Crippen LogP contribution is -2.57. The largest absolute Gasteiger partial charge is 0.508 e. The number of phenolic OH excluding ortho intramolecular Hbond substituents is 1.